The smallest absolute Gasteiger partial charge is 0.146 e. The van der Waals surface area contributed by atoms with Crippen LogP contribution in [-0.4, -0.2) is 45.9 Å². The molecule has 0 saturated heterocycles. The topological polar surface area (TPSA) is 81.7 Å². The first-order chi connectivity index (χ1) is 20.9. The van der Waals surface area contributed by atoms with E-state index < -0.39 is 0 Å². The van der Waals surface area contributed by atoms with Gasteiger partial charge in [-0.1, -0.05) is 29.4 Å². The third-order valence-electron chi connectivity index (χ3n) is 8.60. The Morgan fingerprint density at radius 2 is 1.53 bits per heavy atom. The van der Waals surface area contributed by atoms with Crippen molar-refractivity contribution in [3.63, 3.8) is 0 Å². The Hall–Kier alpha value is -4.37. The molecule has 2 aromatic carbocycles. The highest BCUT2D eigenvalue weighted by atomic mass is 16.5. The van der Waals surface area contributed by atoms with Gasteiger partial charge < -0.3 is 23.5 Å². The molecular formula is C34H38N6O3. The average molecular weight is 579 g/mol. The quantitative estimate of drug-likeness (QED) is 0.191. The number of ether oxygens (including phenoxy) is 2. The van der Waals surface area contributed by atoms with Gasteiger partial charge in [0.1, 0.15) is 40.7 Å². The second-order valence-corrected chi connectivity index (χ2v) is 12.1. The average Bonchev–Trinajstić information content (AvgIpc) is 3.73. The molecule has 1 saturated carbocycles. The number of aromatic nitrogens is 4. The first-order valence-corrected chi connectivity index (χ1v) is 15.0. The van der Waals surface area contributed by atoms with Gasteiger partial charge in [0.05, 0.1) is 19.6 Å². The molecule has 4 heterocycles. The number of nitrogens with zero attached hydrogens (tertiary/aromatic N) is 6. The van der Waals surface area contributed by atoms with Crippen molar-refractivity contribution in [2.75, 3.05) is 26.2 Å². The van der Waals surface area contributed by atoms with Crippen LogP contribution in [0.3, 0.4) is 0 Å². The molecule has 0 spiro atoms. The third kappa shape index (κ3) is 5.01. The summed E-state index contributed by atoms with van der Waals surface area (Å²) in [5.41, 5.74) is 7.70. The largest absolute Gasteiger partial charge is 0.497 e. The Morgan fingerprint density at radius 3 is 2.09 bits per heavy atom. The summed E-state index contributed by atoms with van der Waals surface area (Å²) in [6, 6.07) is 16.7. The standard InChI is InChI=1S/C34H38N6O3/c1-21(2)40-28-19-38(3)18-27-31(37-43-32(27)24-10-11-24)29(28)30-33(35-20-36-34(30)40)39(16-22-6-12-25(41-4)13-7-22)17-23-8-14-26(42-5)15-9-23/h6-9,12-15,20-21,24H,10-11,16-19H2,1-5H3. The zero-order chi connectivity index (χ0) is 29.7. The van der Waals surface area contributed by atoms with Crippen molar-refractivity contribution in [3.8, 4) is 22.8 Å². The molecule has 5 aromatic rings. The summed E-state index contributed by atoms with van der Waals surface area (Å²) in [6.45, 7) is 7.35. The summed E-state index contributed by atoms with van der Waals surface area (Å²) in [5.74, 6) is 4.08. The van der Waals surface area contributed by atoms with Gasteiger partial charge in [0.25, 0.3) is 0 Å². The highest BCUT2D eigenvalue weighted by Crippen LogP contribution is 2.49. The Labute approximate surface area is 252 Å². The number of rotatable bonds is 9. The first kappa shape index (κ1) is 27.5. The highest BCUT2D eigenvalue weighted by molar-refractivity contribution is 6.03. The second kappa shape index (κ2) is 11.0. The molecule has 3 aromatic heterocycles. The molecule has 0 amide bonds. The van der Waals surface area contributed by atoms with E-state index in [-0.39, 0.29) is 6.04 Å². The van der Waals surface area contributed by atoms with Crippen molar-refractivity contribution in [2.45, 2.75) is 64.8 Å². The van der Waals surface area contributed by atoms with E-state index >= 15 is 0 Å². The highest BCUT2D eigenvalue weighted by Gasteiger charge is 2.37. The minimum atomic E-state index is 0.204. The minimum absolute atomic E-state index is 0.204. The lowest BCUT2D eigenvalue weighted by atomic mass is 10.0. The van der Waals surface area contributed by atoms with Crippen LogP contribution in [0.5, 0.6) is 11.5 Å². The molecule has 0 bridgehead atoms. The number of benzene rings is 2. The summed E-state index contributed by atoms with van der Waals surface area (Å²) < 4.78 is 19.3. The fraction of sp³-hybridized carbons (Fsp3) is 0.382. The van der Waals surface area contributed by atoms with Gasteiger partial charge in [0, 0.05) is 55.0 Å². The summed E-state index contributed by atoms with van der Waals surface area (Å²) in [5, 5.41) is 5.79. The van der Waals surface area contributed by atoms with Crippen LogP contribution in [0.4, 0.5) is 5.82 Å². The van der Waals surface area contributed by atoms with Crippen LogP contribution in [0.1, 0.15) is 66.8 Å². The van der Waals surface area contributed by atoms with Crippen LogP contribution in [0, 0.1) is 0 Å². The molecule has 0 radical (unpaired) electrons. The molecule has 0 unspecified atom stereocenters. The normalized spacial score (nSPS) is 14.9. The van der Waals surface area contributed by atoms with Crippen LogP contribution in [0.15, 0.2) is 59.4 Å². The molecule has 9 nitrogen and oxygen atoms in total. The monoisotopic (exact) mass is 578 g/mol. The van der Waals surface area contributed by atoms with Gasteiger partial charge in [-0.2, -0.15) is 0 Å². The summed E-state index contributed by atoms with van der Waals surface area (Å²) in [7, 11) is 5.56. The minimum Gasteiger partial charge on any atom is -0.497 e. The van der Waals surface area contributed by atoms with Crippen LogP contribution < -0.4 is 14.4 Å². The summed E-state index contributed by atoms with van der Waals surface area (Å²) in [4.78, 5) is 14.6. The first-order valence-electron chi connectivity index (χ1n) is 15.0. The van der Waals surface area contributed by atoms with E-state index in [1.165, 1.54) is 11.3 Å². The lowest BCUT2D eigenvalue weighted by Gasteiger charge is -2.25. The van der Waals surface area contributed by atoms with Gasteiger partial charge >= 0.3 is 0 Å². The van der Waals surface area contributed by atoms with Gasteiger partial charge in [-0.3, -0.25) is 4.90 Å². The van der Waals surface area contributed by atoms with E-state index in [0.717, 1.165) is 82.4 Å². The maximum atomic E-state index is 6.09. The van der Waals surface area contributed by atoms with E-state index in [4.69, 9.17) is 29.1 Å². The van der Waals surface area contributed by atoms with E-state index in [9.17, 15) is 0 Å². The predicted octanol–water partition coefficient (Wildman–Crippen LogP) is 6.71. The Morgan fingerprint density at radius 1 is 0.907 bits per heavy atom. The zero-order valence-corrected chi connectivity index (χ0v) is 25.5. The van der Waals surface area contributed by atoms with Gasteiger partial charge in [0.2, 0.25) is 0 Å². The van der Waals surface area contributed by atoms with Crippen molar-refractivity contribution in [1.82, 2.24) is 24.6 Å². The molecule has 1 aliphatic heterocycles. The molecule has 2 aliphatic rings. The molecule has 9 heteroatoms. The Balaban J connectivity index is 1.44. The number of hydrogen-bond acceptors (Lipinski definition) is 8. The van der Waals surface area contributed by atoms with E-state index in [1.54, 1.807) is 20.5 Å². The van der Waals surface area contributed by atoms with Crippen molar-refractivity contribution in [1.29, 1.82) is 0 Å². The van der Waals surface area contributed by atoms with Crippen molar-refractivity contribution < 1.29 is 14.0 Å². The lowest BCUT2D eigenvalue weighted by Crippen LogP contribution is -2.23. The molecule has 1 aliphatic carbocycles. The summed E-state index contributed by atoms with van der Waals surface area (Å²) in [6.07, 6.45) is 4.03. The molecule has 222 valence electrons. The third-order valence-corrected chi connectivity index (χ3v) is 8.60. The number of methoxy groups -OCH3 is 2. The van der Waals surface area contributed by atoms with E-state index in [0.29, 0.717) is 19.0 Å². The van der Waals surface area contributed by atoms with Crippen LogP contribution in [0.2, 0.25) is 0 Å². The van der Waals surface area contributed by atoms with Crippen LogP contribution >= 0.6 is 0 Å². The summed E-state index contributed by atoms with van der Waals surface area (Å²) >= 11 is 0. The molecule has 0 N–H and O–H groups in total. The van der Waals surface area contributed by atoms with Gasteiger partial charge in [0.15, 0.2) is 0 Å². The maximum Gasteiger partial charge on any atom is 0.146 e. The predicted molar refractivity (Wildman–Crippen MR) is 166 cm³/mol. The Bertz CT molecular complexity index is 1700. The van der Waals surface area contributed by atoms with Crippen LogP contribution in [-0.2, 0) is 26.2 Å². The molecular weight excluding hydrogens is 540 g/mol. The van der Waals surface area contributed by atoms with Gasteiger partial charge in [-0.25, -0.2) is 9.97 Å². The second-order valence-electron chi connectivity index (χ2n) is 12.1. The molecule has 7 rings (SSSR count). The molecule has 1 fully saturated rings. The van der Waals surface area contributed by atoms with Crippen molar-refractivity contribution in [3.05, 3.63) is 83.0 Å². The van der Waals surface area contributed by atoms with Gasteiger partial charge in [-0.15, -0.1) is 0 Å². The number of hydrogen-bond donors (Lipinski definition) is 0. The van der Waals surface area contributed by atoms with Crippen molar-refractivity contribution in [2.24, 2.45) is 0 Å². The zero-order valence-electron chi connectivity index (χ0n) is 25.5. The SMILES string of the molecule is COc1ccc(CN(Cc2ccc(OC)cc2)c2ncnc3c2c2c(n3C(C)C)CN(C)Cc3c-2noc3C2CC2)cc1. The Kier molecular flexibility index (Phi) is 7.05. The van der Waals surface area contributed by atoms with Gasteiger partial charge in [-0.05, 0) is 69.1 Å². The lowest BCUT2D eigenvalue weighted by molar-refractivity contribution is 0.305. The number of fused-ring (bicyclic) bond motifs is 5. The van der Waals surface area contributed by atoms with Crippen molar-refractivity contribution >= 4 is 16.9 Å². The fourth-order valence-corrected chi connectivity index (χ4v) is 6.40. The molecule has 0 atom stereocenters. The maximum absolute atomic E-state index is 6.09. The fourth-order valence-electron chi connectivity index (χ4n) is 6.40. The number of anilines is 1. The van der Waals surface area contributed by atoms with E-state index in [2.05, 4.69) is 59.5 Å². The molecule has 43 heavy (non-hydrogen) atoms. The van der Waals surface area contributed by atoms with Crippen LogP contribution in [0.25, 0.3) is 22.3 Å². The van der Waals surface area contributed by atoms with E-state index in [1.807, 2.05) is 24.3 Å².